The van der Waals surface area contributed by atoms with E-state index in [-0.39, 0.29) is 24.5 Å². The fraction of sp³-hybridized carbons (Fsp3) is 0.556. The van der Waals surface area contributed by atoms with E-state index in [1.807, 2.05) is 0 Å². The zero-order valence-corrected chi connectivity index (χ0v) is 14.3. The third-order valence-electron chi connectivity index (χ3n) is 5.19. The minimum atomic E-state index is -0.842. The fourth-order valence-electron chi connectivity index (χ4n) is 3.71. The minimum Gasteiger partial charge on any atom is -0.497 e. The summed E-state index contributed by atoms with van der Waals surface area (Å²) >= 11 is 0. The van der Waals surface area contributed by atoms with Gasteiger partial charge < -0.3 is 24.2 Å². The molecule has 1 spiro atoms. The molecular weight excluding hydrogens is 326 g/mol. The highest BCUT2D eigenvalue weighted by Gasteiger charge is 2.51. The normalized spacial score (nSPS) is 22.0. The van der Waals surface area contributed by atoms with Gasteiger partial charge in [-0.15, -0.1) is 0 Å². The van der Waals surface area contributed by atoms with Gasteiger partial charge >= 0.3 is 5.97 Å². The topological polar surface area (TPSA) is 85.3 Å². The molecule has 2 fully saturated rings. The predicted octanol–water partition coefficient (Wildman–Crippen LogP) is 1.41. The van der Waals surface area contributed by atoms with Crippen molar-refractivity contribution in [1.82, 2.24) is 4.90 Å². The van der Waals surface area contributed by atoms with Crippen LogP contribution in [-0.2, 0) is 14.3 Å². The highest BCUT2D eigenvalue weighted by Crippen LogP contribution is 2.44. The number of rotatable bonds is 5. The minimum absolute atomic E-state index is 0.119. The molecular formula is C18H23NO6. The van der Waals surface area contributed by atoms with Crippen LogP contribution in [0, 0.1) is 11.3 Å². The Labute approximate surface area is 146 Å². The highest BCUT2D eigenvalue weighted by molar-refractivity contribution is 5.80. The molecule has 0 saturated carbocycles. The molecule has 2 saturated heterocycles. The van der Waals surface area contributed by atoms with Gasteiger partial charge in [0, 0.05) is 37.8 Å². The molecule has 1 amide bonds. The molecule has 136 valence electrons. The Morgan fingerprint density at radius 2 is 2.04 bits per heavy atom. The van der Waals surface area contributed by atoms with Crippen LogP contribution in [0.4, 0.5) is 0 Å². The summed E-state index contributed by atoms with van der Waals surface area (Å²) in [6.07, 6.45) is 1.34. The number of carbonyl (C=O) groups excluding carboxylic acids is 1. The lowest BCUT2D eigenvalue weighted by Crippen LogP contribution is -2.40. The third-order valence-corrected chi connectivity index (χ3v) is 5.19. The second-order valence-corrected chi connectivity index (χ2v) is 6.61. The monoisotopic (exact) mass is 349 g/mol. The molecule has 0 aliphatic carbocycles. The molecule has 2 aliphatic heterocycles. The van der Waals surface area contributed by atoms with E-state index in [4.69, 9.17) is 14.2 Å². The molecule has 1 N–H and O–H groups in total. The first kappa shape index (κ1) is 17.5. The van der Waals surface area contributed by atoms with Crippen LogP contribution in [0.15, 0.2) is 24.3 Å². The second kappa shape index (κ2) is 7.31. The van der Waals surface area contributed by atoms with Crippen molar-refractivity contribution in [3.8, 4) is 11.5 Å². The first-order valence-electron chi connectivity index (χ1n) is 8.39. The van der Waals surface area contributed by atoms with Crippen molar-refractivity contribution in [2.24, 2.45) is 11.3 Å². The summed E-state index contributed by atoms with van der Waals surface area (Å²) in [5.74, 6) is -0.388. The van der Waals surface area contributed by atoms with Gasteiger partial charge in [-0.2, -0.15) is 0 Å². The van der Waals surface area contributed by atoms with Crippen molar-refractivity contribution in [2.45, 2.75) is 12.8 Å². The maximum Gasteiger partial charge on any atom is 0.308 e. The lowest BCUT2D eigenvalue weighted by molar-refractivity contribution is -0.146. The van der Waals surface area contributed by atoms with Crippen molar-refractivity contribution >= 4 is 11.9 Å². The van der Waals surface area contributed by atoms with E-state index < -0.39 is 11.9 Å². The average molecular weight is 349 g/mol. The summed E-state index contributed by atoms with van der Waals surface area (Å²) in [4.78, 5) is 25.8. The maximum absolute atomic E-state index is 12.5. The van der Waals surface area contributed by atoms with Crippen LogP contribution in [0.2, 0.25) is 0 Å². The van der Waals surface area contributed by atoms with Crippen LogP contribution in [-0.4, -0.2) is 61.9 Å². The number of hydrogen-bond donors (Lipinski definition) is 1. The van der Waals surface area contributed by atoms with Crippen molar-refractivity contribution in [2.75, 3.05) is 40.0 Å². The second-order valence-electron chi connectivity index (χ2n) is 6.61. The van der Waals surface area contributed by atoms with Crippen LogP contribution < -0.4 is 9.47 Å². The Bertz CT molecular complexity index is 640. The molecule has 0 radical (unpaired) electrons. The van der Waals surface area contributed by atoms with E-state index in [1.54, 1.807) is 36.3 Å². The van der Waals surface area contributed by atoms with Crippen LogP contribution in [0.1, 0.15) is 12.8 Å². The summed E-state index contributed by atoms with van der Waals surface area (Å²) in [7, 11) is 1.56. The molecule has 1 aromatic rings. The summed E-state index contributed by atoms with van der Waals surface area (Å²) in [5, 5.41) is 9.57. The number of aliphatic carboxylic acids is 1. The van der Waals surface area contributed by atoms with E-state index >= 15 is 0 Å². The van der Waals surface area contributed by atoms with Crippen LogP contribution in [0.3, 0.4) is 0 Å². The van der Waals surface area contributed by atoms with Gasteiger partial charge in [-0.3, -0.25) is 9.59 Å². The van der Waals surface area contributed by atoms with Crippen molar-refractivity contribution in [3.05, 3.63) is 24.3 Å². The first-order chi connectivity index (χ1) is 12.0. The number of nitrogens with zero attached hydrogens (tertiary/aromatic N) is 1. The zero-order valence-electron chi connectivity index (χ0n) is 14.3. The van der Waals surface area contributed by atoms with Gasteiger partial charge in [-0.25, -0.2) is 0 Å². The summed E-state index contributed by atoms with van der Waals surface area (Å²) < 4.78 is 16.0. The van der Waals surface area contributed by atoms with Gasteiger partial charge in [0.25, 0.3) is 5.91 Å². The standard InChI is InChI=1S/C18H23NO6/c1-23-13-3-2-4-14(9-13)25-11-16(20)19-10-15(17(21)22)18(12-19)5-7-24-8-6-18/h2-4,9,15H,5-8,10-12H2,1H3,(H,21,22). The van der Waals surface area contributed by atoms with E-state index in [1.165, 1.54) is 0 Å². The van der Waals surface area contributed by atoms with E-state index in [0.717, 1.165) is 0 Å². The molecule has 2 aliphatic rings. The molecule has 1 atom stereocenters. The fourth-order valence-corrected chi connectivity index (χ4v) is 3.71. The van der Waals surface area contributed by atoms with Crippen molar-refractivity contribution in [3.63, 3.8) is 0 Å². The quantitative estimate of drug-likeness (QED) is 0.865. The summed E-state index contributed by atoms with van der Waals surface area (Å²) in [6, 6.07) is 7.03. The molecule has 7 heteroatoms. The molecule has 0 aromatic heterocycles. The van der Waals surface area contributed by atoms with Gasteiger partial charge in [0.2, 0.25) is 0 Å². The molecule has 1 aromatic carbocycles. The molecule has 25 heavy (non-hydrogen) atoms. The number of benzene rings is 1. The van der Waals surface area contributed by atoms with Gasteiger partial charge in [0.05, 0.1) is 13.0 Å². The lowest BCUT2D eigenvalue weighted by atomic mass is 9.72. The van der Waals surface area contributed by atoms with Crippen LogP contribution in [0.5, 0.6) is 11.5 Å². The van der Waals surface area contributed by atoms with E-state index in [2.05, 4.69) is 0 Å². The Morgan fingerprint density at radius 1 is 1.32 bits per heavy atom. The zero-order chi connectivity index (χ0) is 17.9. The number of hydrogen-bond acceptors (Lipinski definition) is 5. The molecule has 0 bridgehead atoms. The Hall–Kier alpha value is -2.28. The Morgan fingerprint density at radius 3 is 2.72 bits per heavy atom. The SMILES string of the molecule is COc1cccc(OCC(=O)N2CC(C(=O)O)C3(CCOCC3)C2)c1. The Balaban J connectivity index is 1.63. The van der Waals surface area contributed by atoms with Gasteiger partial charge in [-0.05, 0) is 25.0 Å². The third kappa shape index (κ3) is 3.71. The smallest absolute Gasteiger partial charge is 0.308 e. The summed E-state index contributed by atoms with van der Waals surface area (Å²) in [5.41, 5.74) is -0.379. The molecule has 3 rings (SSSR count). The average Bonchev–Trinajstić information content (AvgIpc) is 2.99. The van der Waals surface area contributed by atoms with Gasteiger partial charge in [0.1, 0.15) is 11.5 Å². The molecule has 2 heterocycles. The van der Waals surface area contributed by atoms with E-state index in [9.17, 15) is 14.7 Å². The number of carbonyl (C=O) groups is 2. The number of carboxylic acids is 1. The summed E-state index contributed by atoms with van der Waals surface area (Å²) in [6.45, 7) is 1.66. The van der Waals surface area contributed by atoms with Gasteiger partial charge in [0.15, 0.2) is 6.61 Å². The van der Waals surface area contributed by atoms with Crippen LogP contribution in [0.25, 0.3) is 0 Å². The van der Waals surface area contributed by atoms with E-state index in [0.29, 0.717) is 44.1 Å². The van der Waals surface area contributed by atoms with Gasteiger partial charge in [-0.1, -0.05) is 6.07 Å². The van der Waals surface area contributed by atoms with Crippen molar-refractivity contribution in [1.29, 1.82) is 0 Å². The number of amides is 1. The predicted molar refractivity (Wildman–Crippen MR) is 88.7 cm³/mol. The molecule has 1 unspecified atom stereocenters. The van der Waals surface area contributed by atoms with Crippen LogP contribution >= 0.6 is 0 Å². The first-order valence-corrected chi connectivity index (χ1v) is 8.39. The Kier molecular flexibility index (Phi) is 5.13. The largest absolute Gasteiger partial charge is 0.497 e. The number of ether oxygens (including phenoxy) is 3. The van der Waals surface area contributed by atoms with Crippen molar-refractivity contribution < 1.29 is 28.9 Å². The highest BCUT2D eigenvalue weighted by atomic mass is 16.5. The maximum atomic E-state index is 12.5. The number of carboxylic acid groups (broad SMARTS) is 1. The number of methoxy groups -OCH3 is 1. The lowest BCUT2D eigenvalue weighted by Gasteiger charge is -2.36. The number of likely N-dealkylation sites (tertiary alicyclic amines) is 1. The molecule has 7 nitrogen and oxygen atoms in total.